The van der Waals surface area contributed by atoms with Crippen LogP contribution in [0.5, 0.6) is 0 Å². The number of hydrogen-bond donors (Lipinski definition) is 0. The predicted molar refractivity (Wildman–Crippen MR) is 78.9 cm³/mol. The van der Waals surface area contributed by atoms with E-state index in [4.69, 9.17) is 16.3 Å². The molecule has 1 heterocycles. The topological polar surface area (TPSA) is 49.9 Å². The van der Waals surface area contributed by atoms with Crippen LogP contribution in [0.25, 0.3) is 0 Å². The van der Waals surface area contributed by atoms with E-state index >= 15 is 0 Å². The normalized spacial score (nSPS) is 19.1. The van der Waals surface area contributed by atoms with Crippen molar-refractivity contribution < 1.29 is 14.3 Å². The summed E-state index contributed by atoms with van der Waals surface area (Å²) in [6.07, 6.45) is 1.53. The maximum Gasteiger partial charge on any atom is 0.410 e. The monoisotopic (exact) mass is 304 g/mol. The van der Waals surface area contributed by atoms with E-state index < -0.39 is 5.60 Å². The Hall–Kier alpha value is -0.970. The van der Waals surface area contributed by atoms with E-state index in [1.54, 1.807) is 9.80 Å². The molecule has 0 N–H and O–H groups in total. The summed E-state index contributed by atoms with van der Waals surface area (Å²) < 4.78 is 5.38. The van der Waals surface area contributed by atoms with E-state index in [0.717, 1.165) is 19.4 Å². The summed E-state index contributed by atoms with van der Waals surface area (Å²) in [4.78, 5) is 27.3. The van der Waals surface area contributed by atoms with Gasteiger partial charge in [0, 0.05) is 25.7 Å². The zero-order valence-electron chi connectivity index (χ0n) is 12.8. The molecule has 0 aliphatic carbocycles. The van der Waals surface area contributed by atoms with Crippen LogP contribution in [0.15, 0.2) is 0 Å². The summed E-state index contributed by atoms with van der Waals surface area (Å²) >= 11 is 5.62. The van der Waals surface area contributed by atoms with Crippen molar-refractivity contribution in [2.75, 3.05) is 25.5 Å². The molecule has 1 aliphatic rings. The lowest BCUT2D eigenvalue weighted by atomic mass is 10.2. The van der Waals surface area contributed by atoms with Crippen molar-refractivity contribution in [1.82, 2.24) is 9.80 Å². The van der Waals surface area contributed by atoms with E-state index in [-0.39, 0.29) is 23.9 Å². The molecule has 0 bridgehead atoms. The minimum absolute atomic E-state index is 0.00490. The molecule has 1 unspecified atom stereocenters. The second-order valence-electron chi connectivity index (χ2n) is 6.04. The summed E-state index contributed by atoms with van der Waals surface area (Å²) in [6, 6.07) is 0.0497. The van der Waals surface area contributed by atoms with Crippen LogP contribution in [0.1, 0.15) is 40.5 Å². The summed E-state index contributed by atoms with van der Waals surface area (Å²) in [6.45, 7) is 9.24. The SMILES string of the molecule is CCN(CC1CCCN1C(=O)CCl)C(=O)OC(C)(C)C. The number of carbonyl (C=O) groups is 2. The Labute approximate surface area is 126 Å². The van der Waals surface area contributed by atoms with Crippen LogP contribution in [0.4, 0.5) is 4.79 Å². The number of likely N-dealkylation sites (tertiary alicyclic amines) is 1. The molecule has 0 saturated carbocycles. The molecule has 1 saturated heterocycles. The second kappa shape index (κ2) is 7.16. The number of alkyl halides is 1. The Morgan fingerprint density at radius 2 is 2.05 bits per heavy atom. The number of rotatable bonds is 4. The number of nitrogens with zero attached hydrogens (tertiary/aromatic N) is 2. The molecule has 116 valence electrons. The zero-order chi connectivity index (χ0) is 15.3. The molecular formula is C14H25ClN2O3. The maximum absolute atomic E-state index is 12.1. The lowest BCUT2D eigenvalue weighted by Crippen LogP contribution is -2.46. The van der Waals surface area contributed by atoms with Gasteiger partial charge in [-0.1, -0.05) is 0 Å². The van der Waals surface area contributed by atoms with E-state index in [1.807, 2.05) is 27.7 Å². The lowest BCUT2D eigenvalue weighted by molar-refractivity contribution is -0.129. The molecule has 0 radical (unpaired) electrons. The summed E-state index contributed by atoms with van der Waals surface area (Å²) in [5, 5.41) is 0. The minimum atomic E-state index is -0.508. The minimum Gasteiger partial charge on any atom is -0.444 e. The van der Waals surface area contributed by atoms with Gasteiger partial charge in [0.1, 0.15) is 11.5 Å². The first-order chi connectivity index (χ1) is 9.28. The number of ether oxygens (including phenoxy) is 1. The fourth-order valence-electron chi connectivity index (χ4n) is 2.34. The van der Waals surface area contributed by atoms with Crippen LogP contribution >= 0.6 is 11.6 Å². The summed E-state index contributed by atoms with van der Waals surface area (Å²) in [5.74, 6) is -0.0656. The predicted octanol–water partition coefficient (Wildman–Crippen LogP) is 2.47. The van der Waals surface area contributed by atoms with Gasteiger partial charge in [-0.15, -0.1) is 11.6 Å². The van der Waals surface area contributed by atoms with Gasteiger partial charge in [-0.2, -0.15) is 0 Å². The Bertz CT molecular complexity index is 355. The van der Waals surface area contributed by atoms with Crippen molar-refractivity contribution in [1.29, 1.82) is 0 Å². The smallest absolute Gasteiger partial charge is 0.410 e. The molecule has 1 rings (SSSR count). The summed E-state index contributed by atoms with van der Waals surface area (Å²) in [5.41, 5.74) is -0.508. The van der Waals surface area contributed by atoms with Crippen molar-refractivity contribution in [3.8, 4) is 0 Å². The number of halogens is 1. The molecular weight excluding hydrogens is 280 g/mol. The fraction of sp³-hybridized carbons (Fsp3) is 0.857. The van der Waals surface area contributed by atoms with Gasteiger partial charge in [-0.25, -0.2) is 4.79 Å². The van der Waals surface area contributed by atoms with Crippen LogP contribution in [0.3, 0.4) is 0 Å². The average molecular weight is 305 g/mol. The highest BCUT2D eigenvalue weighted by Crippen LogP contribution is 2.20. The highest BCUT2D eigenvalue weighted by atomic mass is 35.5. The van der Waals surface area contributed by atoms with E-state index in [2.05, 4.69) is 0 Å². The Balaban J connectivity index is 2.63. The van der Waals surface area contributed by atoms with Crippen molar-refractivity contribution in [3.63, 3.8) is 0 Å². The first-order valence-corrected chi connectivity index (χ1v) is 7.65. The second-order valence-corrected chi connectivity index (χ2v) is 6.30. The Morgan fingerprint density at radius 1 is 1.40 bits per heavy atom. The van der Waals surface area contributed by atoms with Crippen molar-refractivity contribution in [2.45, 2.75) is 52.2 Å². The van der Waals surface area contributed by atoms with Crippen LogP contribution in [0, 0.1) is 0 Å². The van der Waals surface area contributed by atoms with Gasteiger partial charge in [0.2, 0.25) is 5.91 Å². The van der Waals surface area contributed by atoms with Gasteiger partial charge in [-0.05, 0) is 40.5 Å². The molecule has 0 aromatic carbocycles. The van der Waals surface area contributed by atoms with Gasteiger partial charge >= 0.3 is 6.09 Å². The molecule has 1 fully saturated rings. The van der Waals surface area contributed by atoms with Gasteiger partial charge in [0.05, 0.1) is 0 Å². The van der Waals surface area contributed by atoms with E-state index in [9.17, 15) is 9.59 Å². The van der Waals surface area contributed by atoms with Crippen molar-refractivity contribution >= 4 is 23.6 Å². The van der Waals surface area contributed by atoms with Gasteiger partial charge in [0.25, 0.3) is 0 Å². The molecule has 0 spiro atoms. The fourth-order valence-corrected chi connectivity index (χ4v) is 2.50. The van der Waals surface area contributed by atoms with Crippen LogP contribution < -0.4 is 0 Å². The van der Waals surface area contributed by atoms with Gasteiger partial charge in [-0.3, -0.25) is 4.79 Å². The number of amides is 2. The Kier molecular flexibility index (Phi) is 6.11. The zero-order valence-corrected chi connectivity index (χ0v) is 13.6. The molecule has 0 aromatic rings. The molecule has 20 heavy (non-hydrogen) atoms. The number of likely N-dealkylation sites (N-methyl/N-ethyl adjacent to an activating group) is 1. The largest absolute Gasteiger partial charge is 0.444 e. The first-order valence-electron chi connectivity index (χ1n) is 7.12. The van der Waals surface area contributed by atoms with Crippen molar-refractivity contribution in [2.24, 2.45) is 0 Å². The number of hydrogen-bond acceptors (Lipinski definition) is 3. The van der Waals surface area contributed by atoms with E-state index in [1.165, 1.54) is 0 Å². The third kappa shape index (κ3) is 4.85. The number of carbonyl (C=O) groups excluding carboxylic acids is 2. The van der Waals surface area contributed by atoms with E-state index in [0.29, 0.717) is 13.1 Å². The maximum atomic E-state index is 12.1. The highest BCUT2D eigenvalue weighted by molar-refractivity contribution is 6.27. The summed E-state index contributed by atoms with van der Waals surface area (Å²) in [7, 11) is 0. The van der Waals surface area contributed by atoms with Crippen LogP contribution in [-0.2, 0) is 9.53 Å². The third-order valence-electron chi connectivity index (χ3n) is 3.28. The van der Waals surface area contributed by atoms with Crippen molar-refractivity contribution in [3.05, 3.63) is 0 Å². The van der Waals surface area contributed by atoms with Crippen LogP contribution in [0.2, 0.25) is 0 Å². The third-order valence-corrected chi connectivity index (χ3v) is 3.50. The van der Waals surface area contributed by atoms with Gasteiger partial charge in [0.15, 0.2) is 0 Å². The molecule has 0 aromatic heterocycles. The molecule has 1 aliphatic heterocycles. The first kappa shape index (κ1) is 17.1. The molecule has 5 nitrogen and oxygen atoms in total. The lowest BCUT2D eigenvalue weighted by Gasteiger charge is -2.31. The highest BCUT2D eigenvalue weighted by Gasteiger charge is 2.31. The molecule has 2 amide bonds. The van der Waals surface area contributed by atoms with Crippen LogP contribution in [-0.4, -0.2) is 59.0 Å². The standard InChI is InChI=1S/C14H25ClN2O3/c1-5-16(13(19)20-14(2,3)4)10-11-7-6-8-17(11)12(18)9-15/h11H,5-10H2,1-4H3. The molecule has 6 heteroatoms. The Morgan fingerprint density at radius 3 is 2.55 bits per heavy atom. The van der Waals surface area contributed by atoms with Gasteiger partial charge < -0.3 is 14.5 Å². The average Bonchev–Trinajstić information content (AvgIpc) is 2.80. The molecule has 1 atom stereocenters. The quantitative estimate of drug-likeness (QED) is 0.750.